The van der Waals surface area contributed by atoms with E-state index in [1.165, 1.54) is 4.68 Å². The first-order valence-corrected chi connectivity index (χ1v) is 8.39. The van der Waals surface area contributed by atoms with E-state index in [1.807, 2.05) is 49.4 Å². The van der Waals surface area contributed by atoms with Crippen molar-refractivity contribution in [2.45, 2.75) is 13.2 Å². The van der Waals surface area contributed by atoms with Crippen molar-refractivity contribution >= 4 is 0 Å². The number of hydrogen-bond donors (Lipinski definition) is 3. The highest BCUT2D eigenvalue weighted by atomic mass is 16.3. The zero-order chi connectivity index (χ0) is 18.5. The highest BCUT2D eigenvalue weighted by Gasteiger charge is 2.17. The van der Waals surface area contributed by atoms with Gasteiger partial charge in [0.15, 0.2) is 0 Å². The third-order valence-electron chi connectivity index (χ3n) is 4.03. The molecule has 2 aromatic carbocycles. The molecule has 6 heteroatoms. The summed E-state index contributed by atoms with van der Waals surface area (Å²) < 4.78 is 1.29. The zero-order valence-corrected chi connectivity index (χ0v) is 14.5. The lowest BCUT2D eigenvalue weighted by Gasteiger charge is -2.15. The van der Waals surface area contributed by atoms with Crippen molar-refractivity contribution in [1.82, 2.24) is 15.1 Å². The average Bonchev–Trinajstić information content (AvgIpc) is 2.67. The van der Waals surface area contributed by atoms with Crippen LogP contribution in [-0.4, -0.2) is 33.1 Å². The van der Waals surface area contributed by atoms with Gasteiger partial charge in [0.05, 0.1) is 23.6 Å². The monoisotopic (exact) mass is 351 g/mol. The molecule has 0 aliphatic heterocycles. The Morgan fingerprint density at radius 1 is 1.12 bits per heavy atom. The lowest BCUT2D eigenvalue weighted by molar-refractivity contribution is 0.127. The van der Waals surface area contributed by atoms with Crippen LogP contribution in [0, 0.1) is 6.92 Å². The Balaban J connectivity index is 2.16. The normalized spacial score (nSPS) is 12.1. The van der Waals surface area contributed by atoms with Crippen molar-refractivity contribution in [3.05, 3.63) is 82.1 Å². The van der Waals surface area contributed by atoms with Crippen molar-refractivity contribution in [3.63, 3.8) is 0 Å². The van der Waals surface area contributed by atoms with Gasteiger partial charge in [0.25, 0.3) is 5.56 Å². The molecule has 0 amide bonds. The summed E-state index contributed by atoms with van der Waals surface area (Å²) in [5.41, 5.74) is 2.92. The van der Waals surface area contributed by atoms with E-state index in [1.54, 1.807) is 18.2 Å². The Hall–Kier alpha value is -2.80. The number of para-hydroxylation sites is 1. The third-order valence-corrected chi connectivity index (χ3v) is 4.03. The molecule has 1 unspecified atom stereocenters. The number of aryl methyl sites for hydroxylation is 1. The zero-order valence-electron chi connectivity index (χ0n) is 14.5. The Labute approximate surface area is 151 Å². The van der Waals surface area contributed by atoms with Crippen molar-refractivity contribution in [1.29, 1.82) is 0 Å². The van der Waals surface area contributed by atoms with Gasteiger partial charge >= 0.3 is 0 Å². The van der Waals surface area contributed by atoms with E-state index < -0.39 is 11.8 Å². The molecule has 26 heavy (non-hydrogen) atoms. The molecule has 3 aromatic rings. The minimum Gasteiger partial charge on any atom is -0.395 e. The number of nitrogens with zero attached hydrogens (tertiary/aromatic N) is 2. The minimum atomic E-state index is -1.20. The van der Waals surface area contributed by atoms with Crippen molar-refractivity contribution in [2.75, 3.05) is 13.2 Å². The molecule has 6 nitrogen and oxygen atoms in total. The van der Waals surface area contributed by atoms with E-state index in [0.717, 1.165) is 11.1 Å². The molecule has 0 fully saturated rings. The Morgan fingerprint density at radius 2 is 1.81 bits per heavy atom. The standard InChI is InChI=1S/C20H21N3O3/c1-14-7-9-15(10-8-14)18-13-17(19(25)21-11-12-24)20(26)23(22-18)16-5-3-2-4-6-16/h2-10,13,19,21,24-25H,11-12H2,1H3. The van der Waals surface area contributed by atoms with Gasteiger partial charge in [0.2, 0.25) is 0 Å². The van der Waals surface area contributed by atoms with Crippen LogP contribution in [0.5, 0.6) is 0 Å². The molecule has 0 aliphatic rings. The number of aliphatic hydroxyl groups is 2. The van der Waals surface area contributed by atoms with Crippen LogP contribution >= 0.6 is 0 Å². The molecule has 0 saturated carbocycles. The largest absolute Gasteiger partial charge is 0.395 e. The van der Waals surface area contributed by atoms with Crippen LogP contribution < -0.4 is 10.9 Å². The predicted molar refractivity (Wildman–Crippen MR) is 100 cm³/mol. The van der Waals surface area contributed by atoms with E-state index >= 15 is 0 Å². The van der Waals surface area contributed by atoms with Gasteiger partial charge in [-0.2, -0.15) is 9.78 Å². The molecule has 0 aliphatic carbocycles. The molecule has 0 radical (unpaired) electrons. The van der Waals surface area contributed by atoms with Gasteiger partial charge in [0.1, 0.15) is 6.23 Å². The van der Waals surface area contributed by atoms with Crippen LogP contribution in [0.25, 0.3) is 16.9 Å². The second-order valence-corrected chi connectivity index (χ2v) is 5.98. The predicted octanol–water partition coefficient (Wildman–Crippen LogP) is 1.78. The Bertz CT molecular complexity index is 921. The van der Waals surface area contributed by atoms with Crippen LogP contribution in [0.3, 0.4) is 0 Å². The number of benzene rings is 2. The summed E-state index contributed by atoms with van der Waals surface area (Å²) >= 11 is 0. The SMILES string of the molecule is Cc1ccc(-c2cc(C(O)NCCO)c(=O)n(-c3ccccc3)n2)cc1. The number of aliphatic hydroxyl groups excluding tert-OH is 2. The quantitative estimate of drug-likeness (QED) is 0.589. The van der Waals surface area contributed by atoms with Crippen molar-refractivity contribution in [2.24, 2.45) is 0 Å². The molecule has 0 saturated heterocycles. The molecule has 1 heterocycles. The van der Waals surface area contributed by atoms with Crippen LogP contribution in [0.4, 0.5) is 0 Å². The first-order chi connectivity index (χ1) is 12.6. The highest BCUT2D eigenvalue weighted by molar-refractivity contribution is 5.60. The lowest BCUT2D eigenvalue weighted by Crippen LogP contribution is -2.33. The summed E-state index contributed by atoms with van der Waals surface area (Å²) in [6.45, 7) is 2.03. The van der Waals surface area contributed by atoms with Crippen LogP contribution in [0.2, 0.25) is 0 Å². The van der Waals surface area contributed by atoms with Gasteiger partial charge in [-0.05, 0) is 25.1 Å². The van der Waals surface area contributed by atoms with Crippen molar-refractivity contribution < 1.29 is 10.2 Å². The molecule has 1 aromatic heterocycles. The van der Waals surface area contributed by atoms with Crippen molar-refractivity contribution in [3.8, 4) is 16.9 Å². The molecular weight excluding hydrogens is 330 g/mol. The van der Waals surface area contributed by atoms with E-state index in [0.29, 0.717) is 11.4 Å². The fourth-order valence-electron chi connectivity index (χ4n) is 2.63. The van der Waals surface area contributed by atoms with E-state index in [9.17, 15) is 9.90 Å². The topological polar surface area (TPSA) is 87.4 Å². The number of aromatic nitrogens is 2. The van der Waals surface area contributed by atoms with E-state index in [-0.39, 0.29) is 18.7 Å². The Kier molecular flexibility index (Phi) is 5.58. The molecule has 3 N–H and O–H groups in total. The molecular formula is C20H21N3O3. The second-order valence-electron chi connectivity index (χ2n) is 5.98. The molecule has 0 bridgehead atoms. The van der Waals surface area contributed by atoms with Gasteiger partial charge in [-0.3, -0.25) is 10.1 Å². The van der Waals surface area contributed by atoms with Gasteiger partial charge < -0.3 is 10.2 Å². The summed E-state index contributed by atoms with van der Waals surface area (Å²) in [4.78, 5) is 12.8. The smallest absolute Gasteiger partial charge is 0.278 e. The fraction of sp³-hybridized carbons (Fsp3) is 0.200. The maximum absolute atomic E-state index is 12.8. The van der Waals surface area contributed by atoms with Gasteiger partial charge in [-0.1, -0.05) is 48.0 Å². The molecule has 1 atom stereocenters. The number of hydrogen-bond acceptors (Lipinski definition) is 5. The van der Waals surface area contributed by atoms with E-state index in [4.69, 9.17) is 5.11 Å². The minimum absolute atomic E-state index is 0.139. The average molecular weight is 351 g/mol. The van der Waals surface area contributed by atoms with Gasteiger partial charge in [-0.15, -0.1) is 0 Å². The molecule has 0 spiro atoms. The molecule has 3 rings (SSSR count). The first kappa shape index (κ1) is 18.0. The first-order valence-electron chi connectivity index (χ1n) is 8.39. The summed E-state index contributed by atoms with van der Waals surface area (Å²) in [7, 11) is 0. The number of nitrogens with one attached hydrogen (secondary N) is 1. The summed E-state index contributed by atoms with van der Waals surface area (Å²) in [6.07, 6.45) is -1.20. The third kappa shape index (κ3) is 3.88. The van der Waals surface area contributed by atoms with Gasteiger partial charge in [0, 0.05) is 12.1 Å². The summed E-state index contributed by atoms with van der Waals surface area (Å²) in [5, 5.41) is 26.5. The Morgan fingerprint density at radius 3 is 2.46 bits per heavy atom. The van der Waals surface area contributed by atoms with Crippen LogP contribution in [-0.2, 0) is 0 Å². The second kappa shape index (κ2) is 8.05. The summed E-state index contributed by atoms with van der Waals surface area (Å²) in [6, 6.07) is 18.4. The maximum Gasteiger partial charge on any atom is 0.278 e. The van der Waals surface area contributed by atoms with Crippen LogP contribution in [0.1, 0.15) is 17.4 Å². The number of rotatable bonds is 6. The van der Waals surface area contributed by atoms with Gasteiger partial charge in [-0.25, -0.2) is 0 Å². The fourth-order valence-corrected chi connectivity index (χ4v) is 2.63. The van der Waals surface area contributed by atoms with Crippen LogP contribution in [0.15, 0.2) is 65.5 Å². The maximum atomic E-state index is 12.8. The van der Waals surface area contributed by atoms with E-state index in [2.05, 4.69) is 10.4 Å². The lowest BCUT2D eigenvalue weighted by atomic mass is 10.1. The summed E-state index contributed by atoms with van der Waals surface area (Å²) in [5.74, 6) is 0. The highest BCUT2D eigenvalue weighted by Crippen LogP contribution is 2.20. The molecule has 134 valence electrons.